The van der Waals surface area contributed by atoms with E-state index in [-0.39, 0.29) is 0 Å². The average Bonchev–Trinajstić information content (AvgIpc) is 2.39. The maximum Gasteiger partial charge on any atom is 0.0181 e. The van der Waals surface area contributed by atoms with Gasteiger partial charge in [-0.25, -0.2) is 0 Å². The molecule has 0 aromatic heterocycles. The summed E-state index contributed by atoms with van der Waals surface area (Å²) in [6.07, 6.45) is 0.898. The second-order valence-electron chi connectivity index (χ2n) is 4.10. The normalized spacial score (nSPS) is 10.5. The van der Waals surface area contributed by atoms with Gasteiger partial charge in [0.15, 0.2) is 0 Å². The van der Waals surface area contributed by atoms with Crippen LogP contribution >= 0.6 is 0 Å². The molecule has 0 heterocycles. The molecular weight excluding hydrogens is 208 g/mol. The lowest BCUT2D eigenvalue weighted by atomic mass is 9.98. The first-order valence-corrected chi connectivity index (χ1v) is 5.79. The Balaban J connectivity index is 2.24. The molecule has 2 rings (SSSR count). The van der Waals surface area contributed by atoms with Crippen LogP contribution in [0.3, 0.4) is 0 Å². The van der Waals surface area contributed by atoms with Crippen LogP contribution in [0, 0.1) is 6.07 Å². The number of benzene rings is 2. The Labute approximate surface area is 102 Å². The standard InChI is InChI=1S/C15H17N2/c16-10-13-5-3-4-12(8-13)9-14-6-1-2-7-15(14)11-17/h1,3-8H,9-11,16-17H2. The summed E-state index contributed by atoms with van der Waals surface area (Å²) in [5, 5.41) is 0. The first kappa shape index (κ1) is 11.8. The Morgan fingerprint density at radius 1 is 0.941 bits per heavy atom. The number of nitrogens with two attached hydrogens (primary N) is 2. The molecule has 0 aliphatic heterocycles. The molecular formula is C15H17N2. The maximum absolute atomic E-state index is 5.72. The lowest BCUT2D eigenvalue weighted by molar-refractivity contribution is 1.01. The van der Waals surface area contributed by atoms with Crippen molar-refractivity contribution in [1.29, 1.82) is 0 Å². The van der Waals surface area contributed by atoms with Gasteiger partial charge in [0.2, 0.25) is 0 Å². The largest absolute Gasteiger partial charge is 0.326 e. The van der Waals surface area contributed by atoms with E-state index in [9.17, 15) is 0 Å². The van der Waals surface area contributed by atoms with Crippen molar-refractivity contribution in [1.82, 2.24) is 0 Å². The molecule has 0 aliphatic carbocycles. The topological polar surface area (TPSA) is 52.0 Å². The Kier molecular flexibility index (Phi) is 3.91. The first-order chi connectivity index (χ1) is 8.33. The van der Waals surface area contributed by atoms with Gasteiger partial charge in [-0.1, -0.05) is 36.4 Å². The third-order valence-corrected chi connectivity index (χ3v) is 2.89. The van der Waals surface area contributed by atoms with Crippen LogP contribution in [-0.2, 0) is 19.5 Å². The fourth-order valence-electron chi connectivity index (χ4n) is 1.95. The highest BCUT2D eigenvalue weighted by molar-refractivity contribution is 5.34. The van der Waals surface area contributed by atoms with Crippen LogP contribution in [0.2, 0.25) is 0 Å². The van der Waals surface area contributed by atoms with Crippen molar-refractivity contribution in [3.05, 3.63) is 70.8 Å². The van der Waals surface area contributed by atoms with Crippen molar-refractivity contribution in [3.8, 4) is 0 Å². The van der Waals surface area contributed by atoms with Gasteiger partial charge in [-0.15, -0.1) is 0 Å². The van der Waals surface area contributed by atoms with E-state index in [0.717, 1.165) is 12.0 Å². The highest BCUT2D eigenvalue weighted by Gasteiger charge is 2.02. The molecule has 0 bridgehead atoms. The Bertz CT molecular complexity index is 492. The second-order valence-corrected chi connectivity index (χ2v) is 4.10. The highest BCUT2D eigenvalue weighted by atomic mass is 14.5. The summed E-state index contributed by atoms with van der Waals surface area (Å²) in [6.45, 7) is 1.14. The van der Waals surface area contributed by atoms with Crippen LogP contribution in [0.5, 0.6) is 0 Å². The molecule has 0 spiro atoms. The van der Waals surface area contributed by atoms with Crippen LogP contribution in [0.4, 0.5) is 0 Å². The van der Waals surface area contributed by atoms with Gasteiger partial charge in [0.25, 0.3) is 0 Å². The summed E-state index contributed by atoms with van der Waals surface area (Å²) in [4.78, 5) is 0. The van der Waals surface area contributed by atoms with E-state index in [4.69, 9.17) is 11.5 Å². The summed E-state index contributed by atoms with van der Waals surface area (Å²) in [7, 11) is 0. The number of hydrogen-bond acceptors (Lipinski definition) is 2. The molecule has 87 valence electrons. The van der Waals surface area contributed by atoms with Crippen molar-refractivity contribution in [2.24, 2.45) is 11.5 Å². The van der Waals surface area contributed by atoms with Gasteiger partial charge in [0.05, 0.1) is 0 Å². The van der Waals surface area contributed by atoms with Gasteiger partial charge in [-0.2, -0.15) is 0 Å². The molecule has 0 atom stereocenters. The molecule has 2 nitrogen and oxygen atoms in total. The second kappa shape index (κ2) is 5.62. The summed E-state index contributed by atoms with van der Waals surface area (Å²) < 4.78 is 0. The van der Waals surface area contributed by atoms with E-state index in [1.807, 2.05) is 18.2 Å². The highest BCUT2D eigenvalue weighted by Crippen LogP contribution is 2.14. The van der Waals surface area contributed by atoms with E-state index in [1.165, 1.54) is 16.7 Å². The lowest BCUT2D eigenvalue weighted by Crippen LogP contribution is -2.02. The SMILES string of the molecule is NCc1cccc(Cc2cc[c]cc2CN)c1. The third kappa shape index (κ3) is 2.93. The summed E-state index contributed by atoms with van der Waals surface area (Å²) >= 11 is 0. The molecule has 0 aliphatic rings. The Morgan fingerprint density at radius 2 is 1.76 bits per heavy atom. The van der Waals surface area contributed by atoms with Crippen molar-refractivity contribution in [2.45, 2.75) is 19.5 Å². The van der Waals surface area contributed by atoms with E-state index >= 15 is 0 Å². The maximum atomic E-state index is 5.72. The molecule has 17 heavy (non-hydrogen) atoms. The van der Waals surface area contributed by atoms with Crippen LogP contribution in [-0.4, -0.2) is 0 Å². The quantitative estimate of drug-likeness (QED) is 0.836. The molecule has 2 aromatic carbocycles. The van der Waals surface area contributed by atoms with Gasteiger partial charge in [0.1, 0.15) is 0 Å². The Morgan fingerprint density at radius 3 is 2.53 bits per heavy atom. The predicted molar refractivity (Wildman–Crippen MR) is 70.3 cm³/mol. The predicted octanol–water partition coefficient (Wildman–Crippen LogP) is 1.99. The van der Waals surface area contributed by atoms with E-state index in [0.29, 0.717) is 13.1 Å². The van der Waals surface area contributed by atoms with E-state index in [2.05, 4.69) is 30.3 Å². The van der Waals surface area contributed by atoms with E-state index < -0.39 is 0 Å². The van der Waals surface area contributed by atoms with Gasteiger partial charge < -0.3 is 11.5 Å². The lowest BCUT2D eigenvalue weighted by Gasteiger charge is -2.08. The minimum Gasteiger partial charge on any atom is -0.326 e. The molecule has 0 amide bonds. The zero-order valence-electron chi connectivity index (χ0n) is 9.82. The summed E-state index contributed by atoms with van der Waals surface area (Å²) in [5.41, 5.74) is 16.2. The molecule has 0 unspecified atom stereocenters. The van der Waals surface area contributed by atoms with Crippen LogP contribution in [0.25, 0.3) is 0 Å². The van der Waals surface area contributed by atoms with Gasteiger partial charge >= 0.3 is 0 Å². The van der Waals surface area contributed by atoms with Crippen LogP contribution < -0.4 is 11.5 Å². The Hall–Kier alpha value is -1.64. The molecule has 2 heteroatoms. The van der Waals surface area contributed by atoms with E-state index in [1.54, 1.807) is 0 Å². The molecule has 0 fully saturated rings. The smallest absolute Gasteiger partial charge is 0.0181 e. The molecule has 2 aromatic rings. The molecule has 0 saturated carbocycles. The minimum absolute atomic E-state index is 0.559. The zero-order valence-corrected chi connectivity index (χ0v) is 9.82. The zero-order chi connectivity index (χ0) is 12.1. The van der Waals surface area contributed by atoms with Crippen LogP contribution in [0.1, 0.15) is 22.3 Å². The average molecular weight is 225 g/mol. The minimum atomic E-state index is 0.559. The van der Waals surface area contributed by atoms with Gasteiger partial charge in [-0.3, -0.25) is 0 Å². The molecule has 1 radical (unpaired) electrons. The van der Waals surface area contributed by atoms with Crippen molar-refractivity contribution < 1.29 is 0 Å². The first-order valence-electron chi connectivity index (χ1n) is 5.79. The van der Waals surface area contributed by atoms with Crippen LogP contribution in [0.15, 0.2) is 42.5 Å². The number of hydrogen-bond donors (Lipinski definition) is 2. The van der Waals surface area contributed by atoms with Crippen molar-refractivity contribution in [2.75, 3.05) is 0 Å². The summed E-state index contributed by atoms with van der Waals surface area (Å²) in [5.74, 6) is 0. The summed E-state index contributed by atoms with van der Waals surface area (Å²) in [6, 6.07) is 17.4. The molecule has 4 N–H and O–H groups in total. The molecule has 0 saturated heterocycles. The van der Waals surface area contributed by atoms with Crippen molar-refractivity contribution >= 4 is 0 Å². The number of rotatable bonds is 4. The fraction of sp³-hybridized carbons (Fsp3) is 0.200. The third-order valence-electron chi connectivity index (χ3n) is 2.89. The van der Waals surface area contributed by atoms with Gasteiger partial charge in [-0.05, 0) is 40.8 Å². The van der Waals surface area contributed by atoms with Crippen molar-refractivity contribution in [3.63, 3.8) is 0 Å². The fourth-order valence-corrected chi connectivity index (χ4v) is 1.95. The van der Waals surface area contributed by atoms with Gasteiger partial charge in [0, 0.05) is 13.1 Å². The monoisotopic (exact) mass is 225 g/mol.